The third-order valence-electron chi connectivity index (χ3n) is 16.6. The van der Waals surface area contributed by atoms with Gasteiger partial charge < -0.3 is 18.7 Å². The van der Waals surface area contributed by atoms with Crippen LogP contribution in [0.15, 0.2) is 162 Å². The van der Waals surface area contributed by atoms with Crippen molar-refractivity contribution in [3.8, 4) is 22.3 Å². The number of hydrogen-bond donors (Lipinski definition) is 0. The van der Waals surface area contributed by atoms with Crippen molar-refractivity contribution < 1.29 is 18.1 Å². The number of anilines is 6. The Morgan fingerprint density at radius 2 is 1.00 bits per heavy atom. The largest absolute Gasteiger partial charge is 0.466 e. The minimum atomic E-state index is -0.586. The fraction of sp³-hybridized carbons (Fsp3) is 0.324. The first kappa shape index (κ1) is 41.8. The first-order chi connectivity index (χ1) is 41.1. The van der Waals surface area contributed by atoms with Crippen LogP contribution in [0.3, 0.4) is 0 Å². The molecule has 0 radical (unpaired) electrons. The number of aromatic nitrogens is 1. The molecule has 12 rings (SSSR count). The first-order valence-corrected chi connectivity index (χ1v) is 28.1. The number of furan rings is 1. The fourth-order valence-corrected chi connectivity index (χ4v) is 12.1. The third kappa shape index (κ3) is 8.56. The second-order valence-corrected chi connectivity index (χ2v) is 28.5. The molecule has 5 heteroatoms. The molecule has 79 heavy (non-hydrogen) atoms. The smallest absolute Gasteiger partial charge is 0.375 e. The van der Waals surface area contributed by atoms with Crippen LogP contribution in [-0.2, 0) is 32.5 Å². The van der Waals surface area contributed by atoms with Crippen LogP contribution in [0.25, 0.3) is 55.0 Å². The standard InChI is InChI=1S/C74H80BN3O/c1-69(2,3)46-29-33-52(34-30-46)77-62-44-50(73(13,14)15)41-55-53-35-38-61(76(51-27-23-20-24-28-51)59-36-31-47(70(4,5)6)39-54(59)45-25-21-19-22-26-45)63-56-40-48(71(7,8)9)32-37-60(56)78(65(53)63)75(64(55)62)68-66(77)57-42-49(72(10,11)12)43-58(67(57)79-68)74(16,17)18/h19-44H,1-18H3/i19D,20D,21D,22D,23D,24D,25D,26D,27D,28D. The van der Waals surface area contributed by atoms with Gasteiger partial charge in [0.2, 0.25) is 0 Å². The van der Waals surface area contributed by atoms with E-state index in [4.69, 9.17) is 9.90 Å². The summed E-state index contributed by atoms with van der Waals surface area (Å²) >= 11 is 0. The summed E-state index contributed by atoms with van der Waals surface area (Å²) in [6.45, 7) is 39.0. The summed E-state index contributed by atoms with van der Waals surface area (Å²) in [6, 6.07) is 29.5. The Morgan fingerprint density at radius 1 is 0.468 bits per heavy atom. The van der Waals surface area contributed by atoms with Gasteiger partial charge in [0, 0.05) is 60.9 Å². The zero-order valence-corrected chi connectivity index (χ0v) is 49.6. The summed E-state index contributed by atoms with van der Waals surface area (Å²) in [7, 11) is 0. The third-order valence-corrected chi connectivity index (χ3v) is 16.6. The SMILES string of the molecule is [2H]c1c([2H])c([2H])c(-c2cc(C(C)(C)C)ccc2N(c2c([2H])c([2H])c([2H])c([2H])c2[2H])c2ccc3c4c2c2cc(C(C)(C)C)ccc2n4B2c4oc5c(C(C)(C)C)cc(C(C)(C)C)cc5c4N(c4ccc(C(C)(C)C)cc4)c4cc(C(C)(C)C)cc-3c42)c([2H])c1[2H]. The molecular formula is C74H80BN3O. The molecule has 0 N–H and O–H groups in total. The van der Waals surface area contributed by atoms with Gasteiger partial charge in [-0.3, -0.25) is 0 Å². The van der Waals surface area contributed by atoms with E-state index in [1.165, 1.54) is 11.1 Å². The summed E-state index contributed by atoms with van der Waals surface area (Å²) in [6.07, 6.45) is 0. The Bertz CT molecular complexity index is 4630. The second-order valence-electron chi connectivity index (χ2n) is 28.5. The average Bonchev–Trinajstić information content (AvgIpc) is 1.57. The van der Waals surface area contributed by atoms with Crippen molar-refractivity contribution in [3.05, 3.63) is 191 Å². The molecule has 400 valence electrons. The molecular weight excluding hydrogens is 958 g/mol. The molecule has 0 bridgehead atoms. The van der Waals surface area contributed by atoms with E-state index in [1.54, 1.807) is 4.90 Å². The van der Waals surface area contributed by atoms with E-state index < -0.39 is 72.7 Å². The van der Waals surface area contributed by atoms with E-state index in [0.717, 1.165) is 94.3 Å². The van der Waals surface area contributed by atoms with Crippen molar-refractivity contribution >= 4 is 84.9 Å². The Hall–Kier alpha value is -7.24. The summed E-state index contributed by atoms with van der Waals surface area (Å²) in [5.74, 6) is 0. The minimum absolute atomic E-state index is 0.0847. The molecule has 2 aliphatic rings. The van der Waals surface area contributed by atoms with Crippen molar-refractivity contribution in [3.63, 3.8) is 0 Å². The molecule has 0 atom stereocenters. The molecule has 0 saturated carbocycles. The zero-order chi connectivity index (χ0) is 65.0. The molecule has 0 saturated heterocycles. The lowest BCUT2D eigenvalue weighted by atomic mass is 9.47. The molecule has 8 aromatic carbocycles. The topological polar surface area (TPSA) is 24.6 Å². The van der Waals surface area contributed by atoms with Crippen molar-refractivity contribution in [1.29, 1.82) is 0 Å². The highest BCUT2D eigenvalue weighted by atomic mass is 16.3. The Kier molecular flexibility index (Phi) is 9.32. The molecule has 0 amide bonds. The van der Waals surface area contributed by atoms with E-state index in [2.05, 4.69) is 186 Å². The highest BCUT2D eigenvalue weighted by Crippen LogP contribution is 2.54. The van der Waals surface area contributed by atoms with Gasteiger partial charge in [-0.2, -0.15) is 0 Å². The van der Waals surface area contributed by atoms with Gasteiger partial charge in [-0.15, -0.1) is 0 Å². The molecule has 2 aromatic heterocycles. The van der Waals surface area contributed by atoms with Crippen molar-refractivity contribution in [1.82, 2.24) is 4.48 Å². The first-order valence-electron chi connectivity index (χ1n) is 33.1. The van der Waals surface area contributed by atoms with Crippen LogP contribution >= 0.6 is 0 Å². The van der Waals surface area contributed by atoms with Gasteiger partial charge in [0.25, 0.3) is 0 Å². The molecule has 10 aromatic rings. The lowest BCUT2D eigenvalue weighted by Crippen LogP contribution is -2.56. The highest BCUT2D eigenvalue weighted by molar-refractivity contribution is 6.89. The maximum Gasteiger partial charge on any atom is 0.375 e. The van der Waals surface area contributed by atoms with Crippen LogP contribution in [0.5, 0.6) is 0 Å². The Morgan fingerprint density at radius 3 is 1.61 bits per heavy atom. The summed E-state index contributed by atoms with van der Waals surface area (Å²) in [5.41, 5.74) is 14.4. The molecule has 0 fully saturated rings. The van der Waals surface area contributed by atoms with Crippen LogP contribution in [0.1, 0.15) is 172 Å². The fourth-order valence-electron chi connectivity index (χ4n) is 12.1. The Labute approximate surface area is 485 Å². The van der Waals surface area contributed by atoms with E-state index >= 15 is 0 Å². The predicted molar refractivity (Wildman–Crippen MR) is 342 cm³/mol. The van der Waals surface area contributed by atoms with Crippen molar-refractivity contribution in [2.75, 3.05) is 9.80 Å². The van der Waals surface area contributed by atoms with Gasteiger partial charge in [0.05, 0.1) is 30.8 Å². The van der Waals surface area contributed by atoms with Crippen LogP contribution in [0.2, 0.25) is 0 Å². The van der Waals surface area contributed by atoms with Crippen molar-refractivity contribution in [2.45, 2.75) is 157 Å². The monoisotopic (exact) mass is 1050 g/mol. The van der Waals surface area contributed by atoms with Crippen LogP contribution < -0.4 is 20.9 Å². The van der Waals surface area contributed by atoms with Crippen LogP contribution in [-0.4, -0.2) is 11.3 Å². The lowest BCUT2D eigenvalue weighted by molar-refractivity contribution is 0.557. The van der Waals surface area contributed by atoms with Gasteiger partial charge in [-0.1, -0.05) is 215 Å². The van der Waals surface area contributed by atoms with Crippen LogP contribution in [0.4, 0.5) is 34.1 Å². The van der Waals surface area contributed by atoms with E-state index in [9.17, 15) is 8.22 Å². The minimum Gasteiger partial charge on any atom is -0.466 e. The number of fused-ring (bicyclic) bond motifs is 9. The lowest BCUT2D eigenvalue weighted by Gasteiger charge is -2.40. The summed E-state index contributed by atoms with van der Waals surface area (Å²) in [5, 5.41) is 2.56. The second kappa shape index (κ2) is 17.6. The van der Waals surface area contributed by atoms with E-state index in [-0.39, 0.29) is 49.6 Å². The molecule has 0 spiro atoms. The zero-order valence-electron chi connectivity index (χ0n) is 59.6. The maximum atomic E-state index is 9.90. The molecule has 4 heterocycles. The number of hydrogen-bond acceptors (Lipinski definition) is 3. The quantitative estimate of drug-likeness (QED) is 0.161. The maximum absolute atomic E-state index is 9.90. The van der Waals surface area contributed by atoms with E-state index in [0.29, 0.717) is 5.69 Å². The van der Waals surface area contributed by atoms with Crippen molar-refractivity contribution in [2.24, 2.45) is 0 Å². The van der Waals surface area contributed by atoms with Gasteiger partial charge in [0.15, 0.2) is 0 Å². The predicted octanol–water partition coefficient (Wildman–Crippen LogP) is 19.9. The number of nitrogens with zero attached hydrogens (tertiary/aromatic N) is 3. The molecule has 0 aliphatic carbocycles. The number of para-hydroxylation sites is 1. The van der Waals surface area contributed by atoms with Gasteiger partial charge in [-0.05, 0) is 144 Å². The summed E-state index contributed by atoms with van der Waals surface area (Å²) < 4.78 is 103. The van der Waals surface area contributed by atoms with Gasteiger partial charge in [-0.25, -0.2) is 0 Å². The summed E-state index contributed by atoms with van der Waals surface area (Å²) in [4.78, 5) is 4.14. The van der Waals surface area contributed by atoms with Gasteiger partial charge in [0.1, 0.15) is 11.2 Å². The van der Waals surface area contributed by atoms with Gasteiger partial charge >= 0.3 is 6.85 Å². The normalized spacial score (nSPS) is 15.7. The van der Waals surface area contributed by atoms with Crippen LogP contribution in [0, 0.1) is 0 Å². The molecule has 2 aliphatic heterocycles. The molecule has 0 unspecified atom stereocenters. The highest BCUT2D eigenvalue weighted by Gasteiger charge is 2.48. The Balaban J connectivity index is 1.32. The number of benzene rings is 8. The van der Waals surface area contributed by atoms with E-state index in [1.807, 2.05) is 45.0 Å². The number of rotatable bonds is 5. The molecule has 4 nitrogen and oxygen atoms in total. The average molecular weight is 1050 g/mol.